The largest absolute Gasteiger partial charge is 0.354 e. The molecule has 0 saturated heterocycles. The molecule has 64 valence electrons. The smallest absolute Gasteiger partial charge is 0.226 e. The van der Waals surface area contributed by atoms with Gasteiger partial charge < -0.3 is 5.32 Å². The zero-order chi connectivity index (χ0) is 8.81. The first-order chi connectivity index (χ1) is 5.86. The van der Waals surface area contributed by atoms with Gasteiger partial charge in [0.1, 0.15) is 6.33 Å². The van der Waals surface area contributed by atoms with E-state index in [0.29, 0.717) is 11.8 Å². The van der Waals surface area contributed by atoms with Crippen LogP contribution in [-0.4, -0.2) is 26.9 Å². The van der Waals surface area contributed by atoms with E-state index in [1.165, 1.54) is 11.7 Å². The maximum Gasteiger partial charge on any atom is 0.226 e. The van der Waals surface area contributed by atoms with Gasteiger partial charge in [-0.3, -0.25) is 0 Å². The monoisotopic (exact) mass is 182 g/mol. The number of nitrogens with zero attached hydrogens (tertiary/aromatic N) is 3. The minimum Gasteiger partial charge on any atom is -0.354 e. The molecule has 0 unspecified atom stereocenters. The van der Waals surface area contributed by atoms with Gasteiger partial charge in [-0.15, -0.1) is 0 Å². The molecule has 1 aromatic rings. The highest BCUT2D eigenvalue weighted by molar-refractivity contribution is 7.79. The van der Waals surface area contributed by atoms with Crippen molar-refractivity contribution in [3.05, 3.63) is 12.2 Å². The van der Waals surface area contributed by atoms with Gasteiger partial charge in [0.2, 0.25) is 5.95 Å². The number of aromatic nitrogens is 3. The van der Waals surface area contributed by atoms with Crippen molar-refractivity contribution in [1.29, 1.82) is 0 Å². The minimum absolute atomic E-state index is 0.526. The molecule has 0 bridgehead atoms. The Morgan fingerprint density at radius 2 is 2.42 bits per heavy atom. The Morgan fingerprint density at radius 1 is 1.58 bits per heavy atom. The van der Waals surface area contributed by atoms with E-state index in [4.69, 9.17) is 0 Å². The number of hydrogen-bond donors (Lipinski definition) is 1. The van der Waals surface area contributed by atoms with Gasteiger partial charge in [0.05, 0.1) is 0 Å². The second-order valence-electron chi connectivity index (χ2n) is 2.21. The van der Waals surface area contributed by atoms with Crippen LogP contribution in [0.3, 0.4) is 0 Å². The fourth-order valence-electron chi connectivity index (χ4n) is 0.688. The van der Waals surface area contributed by atoms with E-state index in [0.717, 1.165) is 13.0 Å². The molecule has 0 aliphatic heterocycles. The van der Waals surface area contributed by atoms with Crippen molar-refractivity contribution in [3.8, 4) is 0 Å². The summed E-state index contributed by atoms with van der Waals surface area (Å²) in [6, 6.07) is 0. The minimum atomic E-state index is 0.526. The summed E-state index contributed by atoms with van der Waals surface area (Å²) >= 11 is 4.69. The van der Waals surface area contributed by atoms with E-state index < -0.39 is 0 Å². The zero-order valence-corrected chi connectivity index (χ0v) is 7.64. The van der Waals surface area contributed by atoms with Crippen LogP contribution in [0.1, 0.15) is 19.2 Å². The lowest BCUT2D eigenvalue weighted by Crippen LogP contribution is -2.06. The van der Waals surface area contributed by atoms with E-state index in [2.05, 4.69) is 39.4 Å². The van der Waals surface area contributed by atoms with Gasteiger partial charge in [-0.25, -0.2) is 9.97 Å². The Hall–Kier alpha value is -1.10. The lowest BCUT2D eigenvalue weighted by Gasteiger charge is -2.00. The maximum absolute atomic E-state index is 4.69. The quantitative estimate of drug-likeness (QED) is 0.705. The van der Waals surface area contributed by atoms with Crippen molar-refractivity contribution >= 4 is 23.5 Å². The predicted molar refractivity (Wildman–Crippen MR) is 51.4 cm³/mol. The Labute approximate surface area is 76.5 Å². The van der Waals surface area contributed by atoms with Crippen molar-refractivity contribution in [1.82, 2.24) is 15.0 Å². The fraction of sp³-hybridized carbons (Fsp3) is 0.429. The lowest BCUT2D eigenvalue weighted by atomic mass is 10.5. The Morgan fingerprint density at radius 3 is 3.08 bits per heavy atom. The van der Waals surface area contributed by atoms with Gasteiger partial charge in [0.25, 0.3) is 0 Å². The topological polar surface area (TPSA) is 50.7 Å². The van der Waals surface area contributed by atoms with Crippen LogP contribution in [0, 0.1) is 0 Å². The number of rotatable bonds is 4. The van der Waals surface area contributed by atoms with Crippen LogP contribution in [0.15, 0.2) is 6.33 Å². The summed E-state index contributed by atoms with van der Waals surface area (Å²) < 4.78 is 0. The van der Waals surface area contributed by atoms with Crippen molar-refractivity contribution in [2.75, 3.05) is 11.9 Å². The van der Waals surface area contributed by atoms with Crippen LogP contribution in [0.4, 0.5) is 5.95 Å². The molecule has 0 amide bonds. The molecule has 0 aliphatic rings. The van der Waals surface area contributed by atoms with Gasteiger partial charge in [0, 0.05) is 11.9 Å². The normalized spacial score (nSPS) is 9.42. The van der Waals surface area contributed by atoms with E-state index in [1.54, 1.807) is 0 Å². The summed E-state index contributed by atoms with van der Waals surface area (Å²) in [6.45, 7) is 2.94. The summed E-state index contributed by atoms with van der Waals surface area (Å²) in [7, 11) is 0. The van der Waals surface area contributed by atoms with Crippen LogP contribution < -0.4 is 5.32 Å². The molecule has 0 spiro atoms. The fourth-order valence-corrected chi connectivity index (χ4v) is 0.801. The SMILES string of the molecule is CCCNc1ncnc(C=S)n1. The van der Waals surface area contributed by atoms with Crippen molar-refractivity contribution in [2.45, 2.75) is 13.3 Å². The second kappa shape index (κ2) is 4.71. The average molecular weight is 182 g/mol. The predicted octanol–water partition coefficient (Wildman–Crippen LogP) is 1.04. The van der Waals surface area contributed by atoms with Crippen LogP contribution in [0.25, 0.3) is 0 Å². The van der Waals surface area contributed by atoms with Crippen molar-refractivity contribution < 1.29 is 0 Å². The first kappa shape index (κ1) is 8.99. The van der Waals surface area contributed by atoms with Crippen LogP contribution in [0.5, 0.6) is 0 Å². The molecule has 12 heavy (non-hydrogen) atoms. The molecule has 0 saturated carbocycles. The average Bonchev–Trinajstić information content (AvgIpc) is 2.15. The third-order valence-corrected chi connectivity index (χ3v) is 1.44. The van der Waals surface area contributed by atoms with Crippen molar-refractivity contribution in [2.24, 2.45) is 0 Å². The highest BCUT2D eigenvalue weighted by Crippen LogP contribution is 1.94. The molecule has 0 fully saturated rings. The summed E-state index contributed by atoms with van der Waals surface area (Å²) in [5, 5.41) is 4.47. The van der Waals surface area contributed by atoms with E-state index >= 15 is 0 Å². The maximum atomic E-state index is 4.69. The molecule has 0 radical (unpaired) electrons. The highest BCUT2D eigenvalue weighted by Gasteiger charge is 1.95. The summed E-state index contributed by atoms with van der Waals surface area (Å²) in [6.07, 6.45) is 2.49. The third kappa shape index (κ3) is 2.50. The van der Waals surface area contributed by atoms with Gasteiger partial charge in [-0.05, 0) is 6.42 Å². The van der Waals surface area contributed by atoms with Gasteiger partial charge in [-0.1, -0.05) is 19.1 Å². The Bertz CT molecular complexity index is 263. The van der Waals surface area contributed by atoms with E-state index in [-0.39, 0.29) is 0 Å². The zero-order valence-electron chi connectivity index (χ0n) is 6.82. The molecule has 4 nitrogen and oxygen atoms in total. The summed E-state index contributed by atoms with van der Waals surface area (Å²) in [5.41, 5.74) is 0. The molecule has 1 N–H and O–H groups in total. The van der Waals surface area contributed by atoms with Gasteiger partial charge in [-0.2, -0.15) is 4.98 Å². The van der Waals surface area contributed by atoms with Crippen molar-refractivity contribution in [3.63, 3.8) is 0 Å². The molecule has 1 aromatic heterocycles. The molecule has 0 aliphatic carbocycles. The number of nitrogens with one attached hydrogen (secondary N) is 1. The molecule has 5 heteroatoms. The molecule has 0 aromatic carbocycles. The van der Waals surface area contributed by atoms with Gasteiger partial charge in [0.15, 0.2) is 5.82 Å². The molecule has 0 atom stereocenters. The highest BCUT2D eigenvalue weighted by atomic mass is 32.1. The Balaban J connectivity index is 2.66. The standard InChI is InChI=1S/C7H10N4S/c1-2-3-8-7-10-5-9-6(4-12)11-7/h4-5H,2-3H2,1H3,(H,8,9,10,11). The number of thiocarbonyl (C=S) groups is 1. The number of hydrogen-bond acceptors (Lipinski definition) is 5. The van der Waals surface area contributed by atoms with E-state index in [1.807, 2.05) is 0 Å². The van der Waals surface area contributed by atoms with Gasteiger partial charge >= 0.3 is 0 Å². The van der Waals surface area contributed by atoms with E-state index in [9.17, 15) is 0 Å². The van der Waals surface area contributed by atoms with Crippen LogP contribution in [-0.2, 0) is 0 Å². The molecule has 1 heterocycles. The molecule has 1 rings (SSSR count). The first-order valence-corrected chi connectivity index (χ1v) is 4.22. The molecular formula is C7H10N4S. The summed E-state index contributed by atoms with van der Waals surface area (Å²) in [5.74, 6) is 1.11. The second-order valence-corrected chi connectivity index (χ2v) is 2.45. The first-order valence-electron chi connectivity index (χ1n) is 3.75. The summed E-state index contributed by atoms with van der Waals surface area (Å²) in [4.78, 5) is 11.8. The van der Waals surface area contributed by atoms with Crippen LogP contribution >= 0.6 is 12.2 Å². The molecular weight excluding hydrogens is 172 g/mol. The number of anilines is 1. The van der Waals surface area contributed by atoms with Crippen LogP contribution in [0.2, 0.25) is 0 Å². The Kier molecular flexibility index (Phi) is 3.53. The lowest BCUT2D eigenvalue weighted by molar-refractivity contribution is 0.935. The third-order valence-electron chi connectivity index (χ3n) is 1.23.